The third-order valence-electron chi connectivity index (χ3n) is 8.56. The first-order chi connectivity index (χ1) is 26.5. The molecule has 2 amide bonds. The number of rotatable bonds is 9. The first-order valence-electron chi connectivity index (χ1n) is 16.9. The summed E-state index contributed by atoms with van der Waals surface area (Å²) in [6.45, 7) is 6.90. The molecule has 0 radical (unpaired) electrons. The van der Waals surface area contributed by atoms with E-state index < -0.39 is 46.2 Å². The lowest BCUT2D eigenvalue weighted by Gasteiger charge is -2.08. The lowest BCUT2D eigenvalue weighted by Crippen LogP contribution is -2.15. The van der Waals surface area contributed by atoms with Crippen LogP contribution in [0.4, 0.5) is 28.9 Å². The maximum atomic E-state index is 13.8. The van der Waals surface area contributed by atoms with E-state index >= 15 is 0 Å². The fourth-order valence-electron chi connectivity index (χ4n) is 5.81. The average Bonchev–Trinajstić information content (AvgIpc) is 3.90. The van der Waals surface area contributed by atoms with Gasteiger partial charge in [0, 0.05) is 27.7 Å². The zero-order valence-corrected chi connectivity index (χ0v) is 31.3. The SMILES string of the molecule is CCn1cncc1-c1cc(-c2ccc(NC(=O)c3c(F)cccc3F)cc2)c(C)s1.Cc1sc(C=O)cc1-c1ccc(NC(=O)c2c(F)cccc2F)cc1. The number of thiophene rings is 2. The molecule has 0 fully saturated rings. The van der Waals surface area contributed by atoms with Gasteiger partial charge in [-0.1, -0.05) is 36.4 Å². The zero-order chi connectivity index (χ0) is 39.2. The van der Waals surface area contributed by atoms with Gasteiger partial charge in [0.05, 0.1) is 28.0 Å². The van der Waals surface area contributed by atoms with Crippen molar-refractivity contribution < 1.29 is 31.9 Å². The fourth-order valence-corrected chi connectivity index (χ4v) is 7.74. The Labute approximate surface area is 322 Å². The maximum Gasteiger partial charge on any atom is 0.261 e. The molecule has 55 heavy (non-hydrogen) atoms. The summed E-state index contributed by atoms with van der Waals surface area (Å²) in [6.07, 6.45) is 4.48. The predicted molar refractivity (Wildman–Crippen MR) is 210 cm³/mol. The Morgan fingerprint density at radius 1 is 0.691 bits per heavy atom. The van der Waals surface area contributed by atoms with E-state index in [0.717, 1.165) is 74.8 Å². The van der Waals surface area contributed by atoms with Crippen molar-refractivity contribution in [3.05, 3.63) is 159 Å². The van der Waals surface area contributed by atoms with Crippen molar-refractivity contribution in [1.82, 2.24) is 9.55 Å². The molecule has 0 unspecified atom stereocenters. The minimum Gasteiger partial charge on any atom is -0.330 e. The van der Waals surface area contributed by atoms with Crippen LogP contribution in [0.25, 0.3) is 32.8 Å². The molecule has 0 aliphatic rings. The molecule has 0 atom stereocenters. The fraction of sp³-hybridized carbons (Fsp3) is 0.0952. The molecule has 0 saturated carbocycles. The van der Waals surface area contributed by atoms with Crippen molar-refractivity contribution in [2.75, 3.05) is 10.6 Å². The van der Waals surface area contributed by atoms with Crippen LogP contribution in [-0.2, 0) is 6.54 Å². The number of nitrogens with one attached hydrogen (secondary N) is 2. The molecule has 7 aromatic rings. The van der Waals surface area contributed by atoms with Gasteiger partial charge in [-0.25, -0.2) is 22.5 Å². The molecular weight excluding hydrogens is 749 g/mol. The minimum absolute atomic E-state index is 0.417. The van der Waals surface area contributed by atoms with Crippen LogP contribution in [0.2, 0.25) is 0 Å². The number of imidazole rings is 1. The smallest absolute Gasteiger partial charge is 0.261 e. The van der Waals surface area contributed by atoms with Crippen LogP contribution in [0.15, 0.2) is 110 Å². The number of carbonyl (C=O) groups is 3. The minimum atomic E-state index is -0.913. The summed E-state index contributed by atoms with van der Waals surface area (Å²) in [5, 5.41) is 5.02. The Bertz CT molecular complexity index is 2470. The van der Waals surface area contributed by atoms with E-state index in [0.29, 0.717) is 16.3 Å². The molecule has 13 heteroatoms. The number of halogens is 4. The number of amides is 2. The quantitative estimate of drug-likeness (QED) is 0.113. The normalized spacial score (nSPS) is 10.7. The Morgan fingerprint density at radius 2 is 1.15 bits per heavy atom. The first kappa shape index (κ1) is 38.5. The molecular formula is C42H32F4N4O3S2. The van der Waals surface area contributed by atoms with Gasteiger partial charge in [-0.05, 0) is 104 Å². The van der Waals surface area contributed by atoms with Gasteiger partial charge in [0.2, 0.25) is 0 Å². The van der Waals surface area contributed by atoms with E-state index in [4.69, 9.17) is 0 Å². The van der Waals surface area contributed by atoms with E-state index in [-0.39, 0.29) is 0 Å². The van der Waals surface area contributed by atoms with Gasteiger partial charge < -0.3 is 15.2 Å². The van der Waals surface area contributed by atoms with Crippen LogP contribution in [0.1, 0.15) is 47.1 Å². The second-order valence-electron chi connectivity index (χ2n) is 12.1. The van der Waals surface area contributed by atoms with E-state index in [2.05, 4.69) is 40.1 Å². The number of carbonyl (C=O) groups excluding carboxylic acids is 3. The molecule has 0 bridgehead atoms. The highest BCUT2D eigenvalue weighted by atomic mass is 32.1. The van der Waals surface area contributed by atoms with Crippen molar-refractivity contribution in [1.29, 1.82) is 0 Å². The number of hydrogen-bond donors (Lipinski definition) is 2. The van der Waals surface area contributed by atoms with Crippen LogP contribution in [0.5, 0.6) is 0 Å². The lowest BCUT2D eigenvalue weighted by molar-refractivity contribution is 0.101. The molecule has 0 saturated heterocycles. The van der Waals surface area contributed by atoms with Crippen molar-refractivity contribution in [2.45, 2.75) is 27.3 Å². The monoisotopic (exact) mass is 780 g/mol. The number of benzene rings is 4. The third kappa shape index (κ3) is 8.64. The highest BCUT2D eigenvalue weighted by molar-refractivity contribution is 7.16. The van der Waals surface area contributed by atoms with Crippen LogP contribution in [0, 0.1) is 37.1 Å². The van der Waals surface area contributed by atoms with E-state index in [1.54, 1.807) is 53.8 Å². The van der Waals surface area contributed by atoms with Gasteiger partial charge >= 0.3 is 0 Å². The zero-order valence-electron chi connectivity index (χ0n) is 29.6. The van der Waals surface area contributed by atoms with Gasteiger partial charge in [0.15, 0.2) is 6.29 Å². The van der Waals surface area contributed by atoms with E-state index in [1.807, 2.05) is 31.6 Å². The summed E-state index contributed by atoms with van der Waals surface area (Å²) >= 11 is 3.10. The number of anilines is 2. The van der Waals surface area contributed by atoms with Gasteiger partial charge in [-0.2, -0.15) is 0 Å². The number of hydrogen-bond acceptors (Lipinski definition) is 6. The van der Waals surface area contributed by atoms with Crippen LogP contribution in [0.3, 0.4) is 0 Å². The van der Waals surface area contributed by atoms with E-state index in [9.17, 15) is 31.9 Å². The molecule has 0 spiro atoms. The maximum absolute atomic E-state index is 13.8. The number of aryl methyl sites for hydroxylation is 3. The average molecular weight is 781 g/mol. The number of nitrogens with zero attached hydrogens (tertiary/aromatic N) is 2. The highest BCUT2D eigenvalue weighted by Crippen LogP contribution is 2.37. The first-order valence-corrected chi connectivity index (χ1v) is 18.5. The van der Waals surface area contributed by atoms with Crippen LogP contribution < -0.4 is 10.6 Å². The number of aldehydes is 1. The summed E-state index contributed by atoms with van der Waals surface area (Å²) in [6, 6.07) is 24.6. The largest absolute Gasteiger partial charge is 0.330 e. The summed E-state index contributed by atoms with van der Waals surface area (Å²) in [5.74, 6) is -5.28. The van der Waals surface area contributed by atoms with Crippen LogP contribution in [-0.4, -0.2) is 27.7 Å². The predicted octanol–water partition coefficient (Wildman–Crippen LogP) is 11.2. The molecule has 2 N–H and O–H groups in total. The molecule has 7 nitrogen and oxygen atoms in total. The highest BCUT2D eigenvalue weighted by Gasteiger charge is 2.19. The Balaban J connectivity index is 0.000000190. The molecule has 0 aliphatic heterocycles. The Morgan fingerprint density at radius 3 is 1.58 bits per heavy atom. The Hall–Kier alpha value is -6.18. The molecule has 0 aliphatic carbocycles. The molecule has 3 heterocycles. The van der Waals surface area contributed by atoms with Crippen molar-refractivity contribution in [3.8, 4) is 32.8 Å². The molecule has 7 rings (SSSR count). The molecule has 3 aromatic heterocycles. The summed E-state index contributed by atoms with van der Waals surface area (Å²) in [4.78, 5) is 43.4. The van der Waals surface area contributed by atoms with Gasteiger partial charge in [-0.3, -0.25) is 14.4 Å². The third-order valence-corrected chi connectivity index (χ3v) is 10.6. The number of aromatic nitrogens is 2. The lowest BCUT2D eigenvalue weighted by atomic mass is 10.1. The summed E-state index contributed by atoms with van der Waals surface area (Å²) in [5.41, 5.74) is 4.66. The van der Waals surface area contributed by atoms with Crippen LogP contribution >= 0.6 is 22.7 Å². The second-order valence-corrected chi connectivity index (χ2v) is 14.7. The van der Waals surface area contributed by atoms with Crippen molar-refractivity contribution in [3.63, 3.8) is 0 Å². The summed E-state index contributed by atoms with van der Waals surface area (Å²) < 4.78 is 57.0. The van der Waals surface area contributed by atoms with Crippen molar-refractivity contribution >= 4 is 52.1 Å². The van der Waals surface area contributed by atoms with Crippen molar-refractivity contribution in [2.24, 2.45) is 0 Å². The molecule has 278 valence electrons. The molecule has 4 aromatic carbocycles. The standard InChI is InChI=1S/C23H19F2N3OS.C19H13F2NO2S/c1-3-28-13-26-12-20(28)21-11-17(14(2)30-21)15-7-9-16(10-8-15)27-23(29)22-18(24)5-4-6-19(22)25;1-11-15(9-14(10-23)25-11)12-5-7-13(8-6-12)22-19(24)18-16(20)3-2-4-17(18)21/h4-13H,3H2,1-2H3,(H,27,29);2-10H,1H3,(H,22,24). The van der Waals surface area contributed by atoms with Gasteiger partial charge in [0.1, 0.15) is 34.4 Å². The topological polar surface area (TPSA) is 93.1 Å². The van der Waals surface area contributed by atoms with Gasteiger partial charge in [0.25, 0.3) is 11.8 Å². The van der Waals surface area contributed by atoms with Gasteiger partial charge in [-0.15, -0.1) is 22.7 Å². The second kappa shape index (κ2) is 16.9. The van der Waals surface area contributed by atoms with E-state index in [1.165, 1.54) is 28.3 Å². The Kier molecular flexibility index (Phi) is 11.8. The summed E-state index contributed by atoms with van der Waals surface area (Å²) in [7, 11) is 0.